The molecule has 16 nitrogen and oxygen atoms in total. The summed E-state index contributed by atoms with van der Waals surface area (Å²) in [5.74, 6) is -1.57. The van der Waals surface area contributed by atoms with Gasteiger partial charge in [0.05, 0.1) is 26.4 Å². The van der Waals surface area contributed by atoms with Crippen molar-refractivity contribution in [3.8, 4) is 0 Å². The number of aliphatic hydroxyl groups is 2. The average Bonchev–Trinajstić information content (AvgIpc) is 0.892. The van der Waals surface area contributed by atoms with Crippen molar-refractivity contribution in [2.75, 3.05) is 39.6 Å². The molecule has 0 aromatic carbocycles. The van der Waals surface area contributed by atoms with Crippen molar-refractivity contribution in [1.82, 2.24) is 0 Å². The number of esters is 3. The van der Waals surface area contributed by atoms with Gasteiger partial charge in [0.15, 0.2) is 6.10 Å². The van der Waals surface area contributed by atoms with Crippen LogP contribution in [0.25, 0.3) is 0 Å². The first-order valence-electron chi connectivity index (χ1n) is 49.1. The van der Waals surface area contributed by atoms with Crippen molar-refractivity contribution < 1.29 is 75.8 Å². The number of unbranched alkanes of at least 4 members (excludes halogenated alkanes) is 39. The van der Waals surface area contributed by atoms with Crippen LogP contribution in [0, 0.1) is 0 Å². The minimum absolute atomic E-state index is 0.0926. The van der Waals surface area contributed by atoms with Crippen LogP contribution in [0.1, 0.15) is 406 Å². The van der Waals surface area contributed by atoms with Crippen LogP contribution >= 0.6 is 15.6 Å². The first kappa shape index (κ1) is 118. The Labute approximate surface area is 751 Å². The monoisotopic (exact) mass is 1760 g/mol. The quantitative estimate of drug-likeness (QED) is 0.0146. The molecule has 0 aromatic heterocycles. The lowest BCUT2D eigenvalue weighted by molar-refractivity contribution is -0.161. The molecular weight excluding hydrogens is 1580 g/mol. The Hall–Kier alpha value is -5.35. The number of aliphatic hydroxyl groups excluding tert-OH is 2. The van der Waals surface area contributed by atoms with E-state index in [0.717, 1.165) is 180 Å². The summed E-state index contributed by atoms with van der Waals surface area (Å²) in [6.07, 6.45) is 127. The summed E-state index contributed by atoms with van der Waals surface area (Å²) in [6.45, 7) is 2.39. The van der Waals surface area contributed by atoms with Gasteiger partial charge in [0.25, 0.3) is 0 Å². The van der Waals surface area contributed by atoms with Crippen molar-refractivity contribution in [1.29, 1.82) is 0 Å². The molecule has 18 heteroatoms. The minimum atomic E-state index is -4.95. The lowest BCUT2D eigenvalue weighted by Gasteiger charge is -2.21. The third kappa shape index (κ3) is 97.1. The third-order valence-corrected chi connectivity index (χ3v) is 22.5. The predicted octanol–water partition coefficient (Wildman–Crippen LogP) is 30.8. The molecule has 0 fully saturated rings. The van der Waals surface area contributed by atoms with Gasteiger partial charge in [-0.25, -0.2) is 9.13 Å². The molecule has 0 spiro atoms. The molecule has 0 aromatic rings. The van der Waals surface area contributed by atoms with Crippen LogP contribution in [-0.2, 0) is 55.8 Å². The lowest BCUT2D eigenvalue weighted by Crippen LogP contribution is -2.30. The van der Waals surface area contributed by atoms with Crippen molar-refractivity contribution >= 4 is 33.6 Å². The maximum Gasteiger partial charge on any atom is 0.472 e. The van der Waals surface area contributed by atoms with Gasteiger partial charge in [-0.05, 0) is 154 Å². The number of rotatable bonds is 92. The molecule has 0 bridgehead atoms. The number of carbonyl (C=O) groups is 3. The van der Waals surface area contributed by atoms with Crippen LogP contribution < -0.4 is 0 Å². The molecular formula is C105H178O16P2. The van der Waals surface area contributed by atoms with E-state index in [1.807, 2.05) is 0 Å². The number of hydrogen-bond acceptors (Lipinski definition) is 14. The zero-order valence-electron chi connectivity index (χ0n) is 77.8. The third-order valence-electron chi connectivity index (χ3n) is 20.6. The standard InChI is InChI=1S/C105H178O16P2/c1-4-7-10-13-16-19-22-25-28-31-34-37-40-43-45-47-48-49-50-52-54-56-58-61-64-67-70-73-76-79-82-85-88-91-103(108)115-94-100(106)95-117-122(111,112)118-96-101(107)97-119-123(113,114)120-99-102(121-105(110)93-90-87-84-81-78-75-72-69-66-63-60-55-42-39-36-33-30-27-24-21-18-15-12-9-6-3)98-116-104(109)92-89-86-83-80-77-74-71-68-65-62-59-57-53-51-46-44-41-38-35-32-29-26-23-20-17-14-11-8-5-2/h7-12,16-21,25-30,34-39,43-46,55,60,100-102,106-107H,4-6,13-15,22-24,31-33,40-42,47-54,56-59,61-99H2,1-3H3,(H,111,112)(H,113,114)/b10-7-,11-8-,12-9-,19-16-,20-17-,21-18-,28-25-,29-26-,30-27-,37-34-,38-35-,39-36-,45-43-,46-44-,60-55-. The fraction of sp³-hybridized carbons (Fsp3) is 0.686. The van der Waals surface area contributed by atoms with E-state index in [4.69, 9.17) is 32.3 Å². The topological polar surface area (TPSA) is 231 Å². The van der Waals surface area contributed by atoms with Crippen molar-refractivity contribution in [2.24, 2.45) is 0 Å². The summed E-state index contributed by atoms with van der Waals surface area (Å²) in [6, 6.07) is 0. The number of phosphoric acid groups is 2. The summed E-state index contributed by atoms with van der Waals surface area (Å²) < 4.78 is 61.6. The molecule has 0 heterocycles. The molecule has 0 aliphatic carbocycles. The highest BCUT2D eigenvalue weighted by Crippen LogP contribution is 2.45. The van der Waals surface area contributed by atoms with E-state index in [1.165, 1.54) is 167 Å². The molecule has 0 saturated heterocycles. The molecule has 0 rings (SSSR count). The number of allylic oxidation sites excluding steroid dienone is 30. The maximum absolute atomic E-state index is 13.1. The van der Waals surface area contributed by atoms with E-state index in [1.54, 1.807) is 0 Å². The summed E-state index contributed by atoms with van der Waals surface area (Å²) in [5.41, 5.74) is 0. The first-order chi connectivity index (χ1) is 60.2. The molecule has 704 valence electrons. The van der Waals surface area contributed by atoms with Gasteiger partial charge in [0.1, 0.15) is 25.4 Å². The molecule has 5 unspecified atom stereocenters. The van der Waals surface area contributed by atoms with E-state index in [9.17, 15) is 43.5 Å². The zero-order chi connectivity index (χ0) is 89.3. The smallest absolute Gasteiger partial charge is 0.463 e. The molecule has 0 saturated carbocycles. The van der Waals surface area contributed by atoms with Gasteiger partial charge < -0.3 is 34.2 Å². The van der Waals surface area contributed by atoms with Gasteiger partial charge in [-0.3, -0.25) is 32.5 Å². The molecule has 0 aliphatic heterocycles. The maximum atomic E-state index is 13.1. The van der Waals surface area contributed by atoms with Crippen LogP contribution in [-0.4, -0.2) is 95.9 Å². The Morgan fingerprint density at radius 3 is 0.642 bits per heavy atom. The SMILES string of the molecule is CC/C=C\C/C=C\C/C=C\C/C=C\C/C=C\CCCCCCCCCCCCCCCCCCCC(=O)OCC(O)COP(=O)(O)OCC(O)COP(=O)(O)OCC(COC(=O)CCCCCCCCCCCCCCC/C=C\C/C=C\C/C=C\C/C=C\C/C=C\CC)OC(=O)CCCCCCCCCCC/C=C\C/C=C\C/C=C\C/C=C\C/C=C\CC. The van der Waals surface area contributed by atoms with E-state index < -0.39 is 91.5 Å². The molecule has 123 heavy (non-hydrogen) atoms. The first-order valence-corrected chi connectivity index (χ1v) is 52.1. The normalized spacial score (nSPS) is 14.5. The molecule has 4 N–H and O–H groups in total. The van der Waals surface area contributed by atoms with Crippen LogP contribution in [0.2, 0.25) is 0 Å². The summed E-state index contributed by atoms with van der Waals surface area (Å²) >= 11 is 0. The van der Waals surface area contributed by atoms with Crippen LogP contribution in [0.4, 0.5) is 0 Å². The number of hydrogen-bond donors (Lipinski definition) is 4. The van der Waals surface area contributed by atoms with Gasteiger partial charge in [0.2, 0.25) is 0 Å². The highest BCUT2D eigenvalue weighted by atomic mass is 31.2. The summed E-state index contributed by atoms with van der Waals surface area (Å²) in [5, 5.41) is 20.8. The van der Waals surface area contributed by atoms with Crippen molar-refractivity contribution in [2.45, 2.75) is 424 Å². The van der Waals surface area contributed by atoms with E-state index in [0.29, 0.717) is 19.3 Å². The Morgan fingerprint density at radius 2 is 0.407 bits per heavy atom. The van der Waals surface area contributed by atoms with Crippen LogP contribution in [0.15, 0.2) is 182 Å². The number of carbonyl (C=O) groups excluding carboxylic acids is 3. The largest absolute Gasteiger partial charge is 0.472 e. The Kier molecular flexibility index (Phi) is 91.6. The second kappa shape index (κ2) is 95.7. The highest BCUT2D eigenvalue weighted by Gasteiger charge is 2.30. The number of ether oxygens (including phenoxy) is 3. The fourth-order valence-electron chi connectivity index (χ4n) is 13.3. The van der Waals surface area contributed by atoms with Crippen molar-refractivity contribution in [3.63, 3.8) is 0 Å². The lowest BCUT2D eigenvalue weighted by atomic mass is 10.0. The van der Waals surface area contributed by atoms with Gasteiger partial charge in [0, 0.05) is 19.3 Å². The van der Waals surface area contributed by atoms with Gasteiger partial charge >= 0.3 is 33.6 Å². The predicted molar refractivity (Wildman–Crippen MR) is 518 cm³/mol. The minimum Gasteiger partial charge on any atom is -0.463 e. The summed E-state index contributed by atoms with van der Waals surface area (Å²) in [7, 11) is -9.82. The molecule has 5 atom stereocenters. The second-order valence-corrected chi connectivity index (χ2v) is 35.3. The summed E-state index contributed by atoms with van der Waals surface area (Å²) in [4.78, 5) is 59.1. The molecule has 0 radical (unpaired) electrons. The molecule has 0 aliphatic rings. The van der Waals surface area contributed by atoms with Gasteiger partial charge in [-0.1, -0.05) is 415 Å². The van der Waals surface area contributed by atoms with Gasteiger partial charge in [-0.2, -0.15) is 0 Å². The number of phosphoric ester groups is 2. The molecule has 0 amide bonds. The van der Waals surface area contributed by atoms with E-state index in [-0.39, 0.29) is 19.3 Å². The Morgan fingerprint density at radius 1 is 0.228 bits per heavy atom. The Balaban J connectivity index is 4.60. The van der Waals surface area contributed by atoms with E-state index in [2.05, 4.69) is 203 Å². The average molecular weight is 1760 g/mol. The fourth-order valence-corrected chi connectivity index (χ4v) is 14.9. The van der Waals surface area contributed by atoms with Crippen LogP contribution in [0.5, 0.6) is 0 Å². The van der Waals surface area contributed by atoms with Crippen molar-refractivity contribution in [3.05, 3.63) is 182 Å². The Bertz CT molecular complexity index is 2970. The zero-order valence-corrected chi connectivity index (χ0v) is 79.6. The van der Waals surface area contributed by atoms with Crippen LogP contribution in [0.3, 0.4) is 0 Å². The highest BCUT2D eigenvalue weighted by molar-refractivity contribution is 7.47. The second-order valence-electron chi connectivity index (χ2n) is 32.4. The van der Waals surface area contributed by atoms with E-state index >= 15 is 0 Å². The van der Waals surface area contributed by atoms with Gasteiger partial charge in [-0.15, -0.1) is 0 Å².